The van der Waals surface area contributed by atoms with Crippen LogP contribution in [0.4, 0.5) is 23.4 Å². The minimum atomic E-state index is -4.64. The summed E-state index contributed by atoms with van der Waals surface area (Å²) in [7, 11) is 1.35. The van der Waals surface area contributed by atoms with Crippen LogP contribution in [-0.2, 0) is 6.54 Å². The molecule has 8 nitrogen and oxygen atoms in total. The number of halogens is 4. The van der Waals surface area contributed by atoms with Gasteiger partial charge in [-0.25, -0.2) is 9.07 Å². The number of hydrogen-bond acceptors (Lipinski definition) is 5. The van der Waals surface area contributed by atoms with E-state index >= 15 is 0 Å². The van der Waals surface area contributed by atoms with Crippen LogP contribution in [0.15, 0.2) is 42.5 Å². The Balaban J connectivity index is 1.83. The Kier molecular flexibility index (Phi) is 6.80. The molecule has 12 heteroatoms. The van der Waals surface area contributed by atoms with Crippen molar-refractivity contribution in [1.29, 1.82) is 0 Å². The largest absolute Gasteiger partial charge is 0.496 e. The van der Waals surface area contributed by atoms with Crippen molar-refractivity contribution in [1.82, 2.24) is 15.1 Å². The lowest BCUT2D eigenvalue weighted by atomic mass is 10.0. The van der Waals surface area contributed by atoms with E-state index in [1.165, 1.54) is 25.3 Å². The molecule has 0 saturated heterocycles. The van der Waals surface area contributed by atoms with Gasteiger partial charge in [0.1, 0.15) is 34.7 Å². The van der Waals surface area contributed by atoms with Gasteiger partial charge in [0.25, 0.3) is 11.8 Å². The summed E-state index contributed by atoms with van der Waals surface area (Å²) in [5, 5.41) is 6.52. The van der Waals surface area contributed by atoms with Gasteiger partial charge in [0.05, 0.1) is 12.7 Å². The lowest BCUT2D eigenvalue weighted by Gasteiger charge is -2.17. The number of methoxy groups -OCH3 is 1. The van der Waals surface area contributed by atoms with Crippen molar-refractivity contribution in [3.63, 3.8) is 0 Å². The number of anilines is 1. The molecule has 2 aromatic carbocycles. The molecule has 0 saturated carbocycles. The fourth-order valence-electron chi connectivity index (χ4n) is 3.24. The first-order chi connectivity index (χ1) is 15.9. The maximum atomic E-state index is 13.5. The molecule has 3 rings (SSSR count). The predicted octanol–water partition coefficient (Wildman–Crippen LogP) is 3.43. The van der Waals surface area contributed by atoms with Gasteiger partial charge in [-0.1, -0.05) is 24.3 Å². The Hall–Kier alpha value is -4.09. The number of aromatic nitrogens is 2. The Morgan fingerprint density at radius 3 is 2.38 bits per heavy atom. The number of alkyl halides is 3. The van der Waals surface area contributed by atoms with E-state index in [1.54, 1.807) is 12.1 Å². The van der Waals surface area contributed by atoms with E-state index < -0.39 is 35.7 Å². The topological polar surface area (TPSA) is 125 Å². The average Bonchev–Trinajstić information content (AvgIpc) is 3.13. The van der Waals surface area contributed by atoms with Gasteiger partial charge in [-0.15, -0.1) is 0 Å². The summed E-state index contributed by atoms with van der Waals surface area (Å²) in [5.41, 5.74) is 11.6. The van der Waals surface area contributed by atoms with Gasteiger partial charge in [0, 0.05) is 12.1 Å². The molecule has 1 heterocycles. The van der Waals surface area contributed by atoms with Crippen LogP contribution in [0.2, 0.25) is 0 Å². The number of ether oxygens (including phenoxy) is 1. The molecule has 0 aliphatic rings. The standard InChI is InChI=1S/C22H21F4N5O3/c1-11(22(24,25)26)31-19(27)17(20(28)32)18(30-31)13-5-3-12(4-6-13)10-29-21(33)15-9-14(23)7-8-16(15)34-2/h3-9,11H,10,27H2,1-2H3,(H2,28,32)(H,29,33). The van der Waals surface area contributed by atoms with Gasteiger partial charge in [-0.2, -0.15) is 18.3 Å². The third-order valence-corrected chi connectivity index (χ3v) is 5.12. The van der Waals surface area contributed by atoms with Crippen molar-refractivity contribution in [2.45, 2.75) is 25.7 Å². The SMILES string of the molecule is COc1ccc(F)cc1C(=O)NCc1ccc(-c2nn(C(C)C(F)(F)F)c(N)c2C(N)=O)cc1. The highest BCUT2D eigenvalue weighted by Gasteiger charge is 2.40. The fraction of sp³-hybridized carbons (Fsp3) is 0.227. The molecule has 0 spiro atoms. The van der Waals surface area contributed by atoms with E-state index in [4.69, 9.17) is 16.2 Å². The summed E-state index contributed by atoms with van der Waals surface area (Å²) in [4.78, 5) is 24.3. The Bertz CT molecular complexity index is 1220. The van der Waals surface area contributed by atoms with Crippen LogP contribution in [0.5, 0.6) is 5.75 Å². The highest BCUT2D eigenvalue weighted by atomic mass is 19.4. The number of carbonyl (C=O) groups is 2. The highest BCUT2D eigenvalue weighted by Crippen LogP contribution is 2.35. The fourth-order valence-corrected chi connectivity index (χ4v) is 3.24. The van der Waals surface area contributed by atoms with Crippen LogP contribution < -0.4 is 21.5 Å². The van der Waals surface area contributed by atoms with Crippen molar-refractivity contribution in [2.24, 2.45) is 5.73 Å². The Labute approximate surface area is 191 Å². The normalized spacial score (nSPS) is 12.3. The number of amides is 2. The molecule has 0 bridgehead atoms. The van der Waals surface area contributed by atoms with Crippen molar-refractivity contribution < 1.29 is 31.9 Å². The number of nitrogens with zero attached hydrogens (tertiary/aromatic N) is 2. The molecule has 5 N–H and O–H groups in total. The van der Waals surface area contributed by atoms with Crippen molar-refractivity contribution in [2.75, 3.05) is 12.8 Å². The molecule has 180 valence electrons. The van der Waals surface area contributed by atoms with E-state index in [2.05, 4.69) is 10.4 Å². The number of rotatable bonds is 7. The zero-order valence-electron chi connectivity index (χ0n) is 18.1. The van der Waals surface area contributed by atoms with Crippen LogP contribution in [0.3, 0.4) is 0 Å². The molecule has 0 aliphatic carbocycles. The number of primary amides is 1. The van der Waals surface area contributed by atoms with E-state index in [0.29, 0.717) is 15.8 Å². The van der Waals surface area contributed by atoms with Crippen LogP contribution in [0.1, 0.15) is 39.2 Å². The Morgan fingerprint density at radius 2 is 1.82 bits per heavy atom. The number of nitrogens with two attached hydrogens (primary N) is 2. The van der Waals surface area contributed by atoms with Crippen molar-refractivity contribution in [3.8, 4) is 17.0 Å². The van der Waals surface area contributed by atoms with Gasteiger partial charge < -0.3 is 21.5 Å². The lowest BCUT2D eigenvalue weighted by molar-refractivity contribution is -0.164. The van der Waals surface area contributed by atoms with Crippen LogP contribution in [0.25, 0.3) is 11.3 Å². The number of nitrogens with one attached hydrogen (secondary N) is 1. The second-order valence-electron chi connectivity index (χ2n) is 7.36. The van der Waals surface area contributed by atoms with Gasteiger partial charge >= 0.3 is 6.18 Å². The minimum absolute atomic E-state index is 0.0185. The molecular formula is C22H21F4N5O3. The third-order valence-electron chi connectivity index (χ3n) is 5.12. The van der Waals surface area contributed by atoms with E-state index in [1.807, 2.05) is 0 Å². The summed E-state index contributed by atoms with van der Waals surface area (Å²) in [6, 6.07) is 7.62. The number of hydrogen-bond donors (Lipinski definition) is 3. The summed E-state index contributed by atoms with van der Waals surface area (Å²) in [6.07, 6.45) is -4.64. The monoisotopic (exact) mass is 479 g/mol. The number of carbonyl (C=O) groups excluding carboxylic acids is 2. The first-order valence-electron chi connectivity index (χ1n) is 9.89. The quantitative estimate of drug-likeness (QED) is 0.448. The number of nitrogen functional groups attached to an aromatic ring is 1. The van der Waals surface area contributed by atoms with Gasteiger partial charge in [0.2, 0.25) is 0 Å². The second kappa shape index (κ2) is 9.41. The first kappa shape index (κ1) is 24.6. The maximum absolute atomic E-state index is 13.5. The third kappa shape index (κ3) is 4.95. The van der Waals surface area contributed by atoms with Crippen LogP contribution in [-0.4, -0.2) is 34.9 Å². The minimum Gasteiger partial charge on any atom is -0.496 e. The molecule has 1 atom stereocenters. The smallest absolute Gasteiger partial charge is 0.410 e. The molecular weight excluding hydrogens is 458 g/mol. The van der Waals surface area contributed by atoms with E-state index in [0.717, 1.165) is 19.1 Å². The highest BCUT2D eigenvalue weighted by molar-refractivity contribution is 6.03. The Morgan fingerprint density at radius 1 is 1.18 bits per heavy atom. The van der Waals surface area contributed by atoms with Crippen molar-refractivity contribution in [3.05, 3.63) is 65.0 Å². The van der Waals surface area contributed by atoms with Crippen molar-refractivity contribution >= 4 is 17.6 Å². The summed E-state index contributed by atoms with van der Waals surface area (Å²) in [6.45, 7) is 0.917. The lowest BCUT2D eigenvalue weighted by Crippen LogP contribution is -2.26. The summed E-state index contributed by atoms with van der Waals surface area (Å²) in [5.74, 6) is -2.47. The molecule has 2 amide bonds. The average molecular weight is 479 g/mol. The maximum Gasteiger partial charge on any atom is 0.410 e. The zero-order chi connectivity index (χ0) is 25.2. The van der Waals surface area contributed by atoms with Gasteiger partial charge in [0.15, 0.2) is 0 Å². The molecule has 34 heavy (non-hydrogen) atoms. The van der Waals surface area contributed by atoms with Crippen LogP contribution in [0, 0.1) is 5.82 Å². The molecule has 0 aliphatic heterocycles. The van der Waals surface area contributed by atoms with Crippen LogP contribution >= 0.6 is 0 Å². The van der Waals surface area contributed by atoms with Gasteiger partial charge in [-0.05, 0) is 30.7 Å². The molecule has 0 fully saturated rings. The van der Waals surface area contributed by atoms with E-state index in [9.17, 15) is 27.2 Å². The van der Waals surface area contributed by atoms with Gasteiger partial charge in [-0.3, -0.25) is 9.59 Å². The summed E-state index contributed by atoms with van der Waals surface area (Å²) < 4.78 is 58.6. The number of benzene rings is 2. The molecule has 3 aromatic rings. The van der Waals surface area contributed by atoms with E-state index in [-0.39, 0.29) is 29.1 Å². The molecule has 1 unspecified atom stereocenters. The zero-order valence-corrected chi connectivity index (χ0v) is 18.1. The first-order valence-corrected chi connectivity index (χ1v) is 9.89. The molecule has 1 aromatic heterocycles. The predicted molar refractivity (Wildman–Crippen MR) is 115 cm³/mol. The molecule has 0 radical (unpaired) electrons. The summed E-state index contributed by atoms with van der Waals surface area (Å²) >= 11 is 0. The second-order valence-corrected chi connectivity index (χ2v) is 7.36.